The predicted molar refractivity (Wildman–Crippen MR) is 76.9 cm³/mol. The predicted octanol–water partition coefficient (Wildman–Crippen LogP) is 2.00. The number of hydrogen-bond donors (Lipinski definition) is 3. The number of unbranched alkanes of at least 4 members (excludes halogenated alkanes) is 1. The number of aryl methyl sites for hydroxylation is 1. The maximum Gasteiger partial charge on any atom is 0.131 e. The van der Waals surface area contributed by atoms with Gasteiger partial charge in [-0.25, -0.2) is 9.97 Å². The Kier molecular flexibility index (Phi) is 6.43. The Bertz CT molecular complexity index is 353. The molecule has 0 amide bonds. The van der Waals surface area contributed by atoms with Crippen LogP contribution in [0.4, 0.5) is 11.6 Å². The van der Waals surface area contributed by atoms with Crippen molar-refractivity contribution in [2.45, 2.75) is 33.6 Å². The number of rotatable bonds is 8. The highest BCUT2D eigenvalue weighted by Crippen LogP contribution is 2.11. The summed E-state index contributed by atoms with van der Waals surface area (Å²) in [5, 5.41) is 6.61. The Hall–Kier alpha value is -1.36. The number of hydrogen-bond acceptors (Lipinski definition) is 5. The highest BCUT2D eigenvalue weighted by molar-refractivity contribution is 5.47. The van der Waals surface area contributed by atoms with Crippen molar-refractivity contribution in [3.05, 3.63) is 11.9 Å². The SMILES string of the molecule is CCCCNc1cc(NCC(C)CN)nc(C)n1. The van der Waals surface area contributed by atoms with Crippen molar-refractivity contribution in [3.63, 3.8) is 0 Å². The zero-order valence-corrected chi connectivity index (χ0v) is 11.7. The van der Waals surface area contributed by atoms with Gasteiger partial charge in [0, 0.05) is 19.2 Å². The topological polar surface area (TPSA) is 75.9 Å². The Balaban J connectivity index is 2.56. The summed E-state index contributed by atoms with van der Waals surface area (Å²) in [6.45, 7) is 8.66. The Labute approximate surface area is 110 Å². The van der Waals surface area contributed by atoms with Crippen molar-refractivity contribution in [1.82, 2.24) is 9.97 Å². The van der Waals surface area contributed by atoms with Crippen LogP contribution in [-0.2, 0) is 0 Å². The number of aromatic nitrogens is 2. The second-order valence-corrected chi connectivity index (χ2v) is 4.69. The normalized spacial score (nSPS) is 12.2. The summed E-state index contributed by atoms with van der Waals surface area (Å²) >= 11 is 0. The molecule has 0 bridgehead atoms. The van der Waals surface area contributed by atoms with E-state index in [1.54, 1.807) is 0 Å². The molecule has 1 heterocycles. The van der Waals surface area contributed by atoms with Gasteiger partial charge in [-0.15, -0.1) is 0 Å². The van der Waals surface area contributed by atoms with E-state index in [-0.39, 0.29) is 0 Å². The number of nitrogens with zero attached hydrogens (tertiary/aromatic N) is 2. The second-order valence-electron chi connectivity index (χ2n) is 4.69. The molecule has 1 atom stereocenters. The quantitative estimate of drug-likeness (QED) is 0.616. The maximum absolute atomic E-state index is 5.59. The third-order valence-corrected chi connectivity index (χ3v) is 2.71. The van der Waals surface area contributed by atoms with Crippen LogP contribution < -0.4 is 16.4 Å². The molecule has 0 saturated carbocycles. The summed E-state index contributed by atoms with van der Waals surface area (Å²) in [5.74, 6) is 2.97. The van der Waals surface area contributed by atoms with E-state index in [1.165, 1.54) is 6.42 Å². The molecular weight excluding hydrogens is 226 g/mol. The molecule has 1 rings (SSSR count). The molecule has 5 heteroatoms. The largest absolute Gasteiger partial charge is 0.370 e. The average Bonchev–Trinajstić information content (AvgIpc) is 2.35. The molecule has 0 saturated heterocycles. The molecule has 0 aliphatic carbocycles. The standard InChI is InChI=1S/C13H25N5/c1-4-5-6-15-12-7-13(18-11(3)17-12)16-9-10(2)8-14/h7,10H,4-6,8-9,14H2,1-3H3,(H2,15,16,17,18). The average molecular weight is 251 g/mol. The molecule has 0 fully saturated rings. The van der Waals surface area contributed by atoms with Gasteiger partial charge in [0.1, 0.15) is 17.5 Å². The van der Waals surface area contributed by atoms with Gasteiger partial charge in [0.05, 0.1) is 0 Å². The minimum absolute atomic E-state index is 0.441. The Morgan fingerprint density at radius 2 is 1.94 bits per heavy atom. The molecule has 1 aromatic rings. The van der Waals surface area contributed by atoms with Gasteiger partial charge in [-0.05, 0) is 25.8 Å². The first kappa shape index (κ1) is 14.7. The van der Waals surface area contributed by atoms with Gasteiger partial charge >= 0.3 is 0 Å². The van der Waals surface area contributed by atoms with Crippen LogP contribution in [0.3, 0.4) is 0 Å². The fourth-order valence-corrected chi connectivity index (χ4v) is 1.50. The smallest absolute Gasteiger partial charge is 0.131 e. The van der Waals surface area contributed by atoms with Gasteiger partial charge in [-0.2, -0.15) is 0 Å². The van der Waals surface area contributed by atoms with E-state index in [0.29, 0.717) is 12.5 Å². The van der Waals surface area contributed by atoms with E-state index in [9.17, 15) is 0 Å². The molecule has 18 heavy (non-hydrogen) atoms. The lowest BCUT2D eigenvalue weighted by Gasteiger charge is -2.12. The zero-order chi connectivity index (χ0) is 13.4. The lowest BCUT2D eigenvalue weighted by atomic mass is 10.2. The maximum atomic E-state index is 5.59. The van der Waals surface area contributed by atoms with Crippen LogP contribution in [0.2, 0.25) is 0 Å². The van der Waals surface area contributed by atoms with E-state index in [1.807, 2.05) is 13.0 Å². The summed E-state index contributed by atoms with van der Waals surface area (Å²) < 4.78 is 0. The molecule has 0 radical (unpaired) electrons. The van der Waals surface area contributed by atoms with Gasteiger partial charge in [0.25, 0.3) is 0 Å². The fraction of sp³-hybridized carbons (Fsp3) is 0.692. The van der Waals surface area contributed by atoms with Crippen molar-refractivity contribution < 1.29 is 0 Å². The molecule has 1 aromatic heterocycles. The van der Waals surface area contributed by atoms with Crippen LogP contribution in [0.1, 0.15) is 32.5 Å². The van der Waals surface area contributed by atoms with Crippen LogP contribution in [0.25, 0.3) is 0 Å². The van der Waals surface area contributed by atoms with Crippen LogP contribution in [0.5, 0.6) is 0 Å². The summed E-state index contributed by atoms with van der Waals surface area (Å²) in [7, 11) is 0. The monoisotopic (exact) mass is 251 g/mol. The van der Waals surface area contributed by atoms with Gasteiger partial charge < -0.3 is 16.4 Å². The third-order valence-electron chi connectivity index (χ3n) is 2.71. The molecule has 4 N–H and O–H groups in total. The molecule has 0 spiro atoms. The van der Waals surface area contributed by atoms with Crippen LogP contribution in [0.15, 0.2) is 6.07 Å². The van der Waals surface area contributed by atoms with Crippen molar-refractivity contribution in [1.29, 1.82) is 0 Å². The Morgan fingerprint density at radius 3 is 2.56 bits per heavy atom. The summed E-state index contributed by atoms with van der Waals surface area (Å²) in [6, 6.07) is 1.95. The van der Waals surface area contributed by atoms with E-state index < -0.39 is 0 Å². The van der Waals surface area contributed by atoms with Crippen molar-refractivity contribution in [2.24, 2.45) is 11.7 Å². The fourth-order valence-electron chi connectivity index (χ4n) is 1.50. The van der Waals surface area contributed by atoms with Crippen LogP contribution >= 0.6 is 0 Å². The first-order valence-corrected chi connectivity index (χ1v) is 6.69. The number of anilines is 2. The molecule has 0 aliphatic heterocycles. The molecule has 102 valence electrons. The van der Waals surface area contributed by atoms with Crippen LogP contribution in [0, 0.1) is 12.8 Å². The minimum Gasteiger partial charge on any atom is -0.370 e. The molecule has 0 aromatic carbocycles. The van der Waals surface area contributed by atoms with Crippen molar-refractivity contribution >= 4 is 11.6 Å². The first-order valence-electron chi connectivity index (χ1n) is 6.69. The zero-order valence-electron chi connectivity index (χ0n) is 11.7. The number of nitrogens with one attached hydrogen (secondary N) is 2. The van der Waals surface area contributed by atoms with Gasteiger partial charge in [0.2, 0.25) is 0 Å². The molecule has 5 nitrogen and oxygen atoms in total. The summed E-state index contributed by atoms with van der Waals surface area (Å²) in [4.78, 5) is 8.73. The lowest BCUT2D eigenvalue weighted by molar-refractivity contribution is 0.626. The lowest BCUT2D eigenvalue weighted by Crippen LogP contribution is -2.20. The second kappa shape index (κ2) is 7.87. The Morgan fingerprint density at radius 1 is 1.28 bits per heavy atom. The highest BCUT2D eigenvalue weighted by Gasteiger charge is 2.03. The van der Waals surface area contributed by atoms with Crippen molar-refractivity contribution in [2.75, 3.05) is 30.3 Å². The number of nitrogens with two attached hydrogens (primary N) is 1. The van der Waals surface area contributed by atoms with E-state index in [4.69, 9.17) is 5.73 Å². The van der Waals surface area contributed by atoms with E-state index in [2.05, 4.69) is 34.4 Å². The molecule has 1 unspecified atom stereocenters. The summed E-state index contributed by atoms with van der Waals surface area (Å²) in [6.07, 6.45) is 2.33. The molecule has 0 aliphatic rings. The van der Waals surface area contributed by atoms with E-state index >= 15 is 0 Å². The molecular formula is C13H25N5. The van der Waals surface area contributed by atoms with Crippen molar-refractivity contribution in [3.8, 4) is 0 Å². The van der Waals surface area contributed by atoms with Gasteiger partial charge in [0.15, 0.2) is 0 Å². The highest BCUT2D eigenvalue weighted by atomic mass is 15.1. The third kappa shape index (κ3) is 5.31. The summed E-state index contributed by atoms with van der Waals surface area (Å²) in [5.41, 5.74) is 5.59. The first-order chi connectivity index (χ1) is 8.65. The van der Waals surface area contributed by atoms with Gasteiger partial charge in [-0.3, -0.25) is 0 Å². The minimum atomic E-state index is 0.441. The van der Waals surface area contributed by atoms with E-state index in [0.717, 1.165) is 37.0 Å². The van der Waals surface area contributed by atoms with Crippen LogP contribution in [-0.4, -0.2) is 29.6 Å². The van der Waals surface area contributed by atoms with Gasteiger partial charge in [-0.1, -0.05) is 20.3 Å².